The zero-order valence-corrected chi connectivity index (χ0v) is 13.5. The molecular weight excluding hydrogens is 342 g/mol. The summed E-state index contributed by atoms with van der Waals surface area (Å²) in [5, 5.41) is 32.6. The maximum absolute atomic E-state index is 10.1. The average molecular weight is 358 g/mol. The van der Waals surface area contributed by atoms with E-state index in [2.05, 4.69) is 20.3 Å². The summed E-state index contributed by atoms with van der Waals surface area (Å²) in [6.07, 6.45) is -0.00864. The third-order valence-electron chi connectivity index (χ3n) is 3.92. The molecular formula is C13H16ClN5O3S. The van der Waals surface area contributed by atoms with E-state index >= 15 is 0 Å². The Hall–Kier alpha value is -1.52. The predicted octanol–water partition coefficient (Wildman–Crippen LogP) is 0.350. The Morgan fingerprint density at radius 3 is 2.74 bits per heavy atom. The summed E-state index contributed by atoms with van der Waals surface area (Å²) in [5.41, 5.74) is 7.85. The molecule has 0 spiro atoms. The van der Waals surface area contributed by atoms with Crippen LogP contribution < -0.4 is 11.1 Å². The summed E-state index contributed by atoms with van der Waals surface area (Å²) in [4.78, 5) is 12.9. The minimum atomic E-state index is -1.03. The van der Waals surface area contributed by atoms with Gasteiger partial charge in [0.2, 0.25) is 5.95 Å². The fraction of sp³-hybridized carbons (Fsp3) is 0.462. The highest BCUT2D eigenvalue weighted by atomic mass is 35.5. The van der Waals surface area contributed by atoms with Gasteiger partial charge in [-0.1, -0.05) is 11.6 Å². The Bertz CT molecular complexity index is 686. The number of thiazole rings is 1. The number of aliphatic hydroxyl groups is 3. The number of halogens is 1. The molecule has 23 heavy (non-hydrogen) atoms. The van der Waals surface area contributed by atoms with Gasteiger partial charge < -0.3 is 26.4 Å². The Morgan fingerprint density at radius 2 is 2.13 bits per heavy atom. The van der Waals surface area contributed by atoms with Crippen molar-refractivity contribution in [2.45, 2.75) is 24.7 Å². The number of aromatic nitrogens is 3. The largest absolute Gasteiger partial charge is 0.396 e. The molecule has 0 aliphatic heterocycles. The van der Waals surface area contributed by atoms with Crippen LogP contribution in [-0.4, -0.2) is 55.1 Å². The van der Waals surface area contributed by atoms with Crippen LogP contribution in [0.15, 0.2) is 11.7 Å². The van der Waals surface area contributed by atoms with E-state index in [1.54, 1.807) is 11.7 Å². The molecule has 124 valence electrons. The molecule has 0 bridgehead atoms. The van der Waals surface area contributed by atoms with E-state index in [9.17, 15) is 15.3 Å². The summed E-state index contributed by atoms with van der Waals surface area (Å²) in [6, 6.07) is -0.487. The molecule has 6 N–H and O–H groups in total. The van der Waals surface area contributed by atoms with Crippen molar-refractivity contribution < 1.29 is 15.3 Å². The third-order valence-corrected chi connectivity index (χ3v) is 4.98. The molecule has 0 saturated heterocycles. The lowest BCUT2D eigenvalue weighted by atomic mass is 10.1. The molecule has 0 unspecified atom stereocenters. The lowest BCUT2D eigenvalue weighted by Crippen LogP contribution is -2.35. The van der Waals surface area contributed by atoms with E-state index in [1.165, 1.54) is 11.3 Å². The summed E-state index contributed by atoms with van der Waals surface area (Å²) in [5.74, 6) is -0.0388. The number of nitrogens with zero attached hydrogens (tertiary/aromatic N) is 3. The first-order valence-electron chi connectivity index (χ1n) is 6.96. The van der Waals surface area contributed by atoms with E-state index in [4.69, 9.17) is 17.3 Å². The zero-order valence-electron chi connectivity index (χ0n) is 11.9. The summed E-state index contributed by atoms with van der Waals surface area (Å²) in [6.45, 7) is -0.204. The first-order valence-corrected chi connectivity index (χ1v) is 8.22. The van der Waals surface area contributed by atoms with Crippen LogP contribution in [0.2, 0.25) is 5.15 Å². The maximum atomic E-state index is 10.1. The highest BCUT2D eigenvalue weighted by Crippen LogP contribution is 2.37. The van der Waals surface area contributed by atoms with Crippen molar-refractivity contribution in [3.05, 3.63) is 16.9 Å². The highest BCUT2D eigenvalue weighted by molar-refractivity contribution is 7.13. The summed E-state index contributed by atoms with van der Waals surface area (Å²) < 4.78 is 0. The number of hydrogen-bond donors (Lipinski definition) is 5. The van der Waals surface area contributed by atoms with Gasteiger partial charge in [-0.3, -0.25) is 4.98 Å². The quantitative estimate of drug-likeness (QED) is 0.494. The van der Waals surface area contributed by atoms with Gasteiger partial charge in [0, 0.05) is 18.7 Å². The molecule has 1 saturated carbocycles. The molecule has 1 aliphatic rings. The Kier molecular flexibility index (Phi) is 4.64. The number of rotatable bonds is 4. The van der Waals surface area contributed by atoms with E-state index in [-0.39, 0.29) is 17.7 Å². The van der Waals surface area contributed by atoms with E-state index in [1.807, 2.05) is 0 Å². The minimum Gasteiger partial charge on any atom is -0.396 e. The van der Waals surface area contributed by atoms with Gasteiger partial charge in [-0.15, -0.1) is 11.3 Å². The molecule has 2 aromatic rings. The Labute approximate surface area is 141 Å². The number of nitrogens with two attached hydrogens (primary N) is 1. The monoisotopic (exact) mass is 357 g/mol. The van der Waals surface area contributed by atoms with E-state index < -0.39 is 24.2 Å². The molecule has 8 nitrogen and oxygen atoms in total. The maximum Gasteiger partial charge on any atom is 0.223 e. The van der Waals surface area contributed by atoms with Gasteiger partial charge in [-0.25, -0.2) is 4.98 Å². The van der Waals surface area contributed by atoms with Crippen molar-refractivity contribution in [2.75, 3.05) is 17.7 Å². The summed E-state index contributed by atoms with van der Waals surface area (Å²) >= 11 is 7.55. The van der Waals surface area contributed by atoms with Gasteiger partial charge >= 0.3 is 0 Å². The number of hydrogen-bond acceptors (Lipinski definition) is 9. The lowest BCUT2D eigenvalue weighted by molar-refractivity contribution is 0.00446. The van der Waals surface area contributed by atoms with Crippen molar-refractivity contribution in [3.8, 4) is 10.4 Å². The first-order chi connectivity index (χ1) is 11.0. The average Bonchev–Trinajstić information content (AvgIpc) is 3.11. The second-order valence-electron chi connectivity index (χ2n) is 5.37. The third kappa shape index (κ3) is 3.10. The number of anilines is 2. The molecule has 10 heteroatoms. The van der Waals surface area contributed by atoms with Gasteiger partial charge in [-0.05, 0) is 6.42 Å². The lowest BCUT2D eigenvalue weighted by Gasteiger charge is -2.20. The van der Waals surface area contributed by atoms with E-state index in [0.717, 1.165) is 4.88 Å². The van der Waals surface area contributed by atoms with Crippen LogP contribution in [0.3, 0.4) is 0 Å². The van der Waals surface area contributed by atoms with Crippen LogP contribution in [0.25, 0.3) is 10.4 Å². The van der Waals surface area contributed by atoms with Crippen LogP contribution in [0, 0.1) is 5.92 Å². The van der Waals surface area contributed by atoms with Crippen LogP contribution in [-0.2, 0) is 0 Å². The normalized spacial score (nSPS) is 27.3. The molecule has 2 heterocycles. The molecule has 0 amide bonds. The molecule has 3 rings (SSSR count). The number of nitrogens with one attached hydrogen (secondary N) is 1. The molecule has 1 fully saturated rings. The second kappa shape index (κ2) is 6.54. The van der Waals surface area contributed by atoms with Crippen molar-refractivity contribution in [1.82, 2.24) is 15.0 Å². The van der Waals surface area contributed by atoms with Gasteiger partial charge in [0.1, 0.15) is 17.1 Å². The fourth-order valence-electron chi connectivity index (χ4n) is 2.74. The van der Waals surface area contributed by atoms with Gasteiger partial charge in [0.25, 0.3) is 0 Å². The Balaban J connectivity index is 1.94. The van der Waals surface area contributed by atoms with Crippen LogP contribution in [0.4, 0.5) is 11.8 Å². The first kappa shape index (κ1) is 16.3. The van der Waals surface area contributed by atoms with E-state index in [0.29, 0.717) is 17.8 Å². The molecule has 4 atom stereocenters. The van der Waals surface area contributed by atoms with Crippen molar-refractivity contribution in [1.29, 1.82) is 0 Å². The fourth-order valence-corrected chi connectivity index (χ4v) is 3.74. The Morgan fingerprint density at radius 1 is 1.35 bits per heavy atom. The van der Waals surface area contributed by atoms with Crippen LogP contribution in [0.5, 0.6) is 0 Å². The smallest absolute Gasteiger partial charge is 0.223 e. The SMILES string of the molecule is Nc1nc(Cl)c(-c2cncs2)c(N[C@@H]2C[C@H](CO)[C@@H](O)[C@H]2O)n1. The predicted molar refractivity (Wildman–Crippen MR) is 87.2 cm³/mol. The minimum absolute atomic E-state index is 0.00231. The summed E-state index contributed by atoms with van der Waals surface area (Å²) in [7, 11) is 0. The van der Waals surface area contributed by atoms with Gasteiger partial charge in [0.05, 0.1) is 28.1 Å². The molecule has 1 aliphatic carbocycles. The number of nitrogen functional groups attached to an aromatic ring is 1. The molecule has 0 aromatic carbocycles. The van der Waals surface area contributed by atoms with Gasteiger partial charge in [0.15, 0.2) is 0 Å². The van der Waals surface area contributed by atoms with Crippen LogP contribution in [0.1, 0.15) is 6.42 Å². The van der Waals surface area contributed by atoms with Gasteiger partial charge in [-0.2, -0.15) is 4.98 Å². The van der Waals surface area contributed by atoms with Crippen LogP contribution >= 0.6 is 22.9 Å². The zero-order chi connectivity index (χ0) is 16.6. The highest BCUT2D eigenvalue weighted by Gasteiger charge is 2.41. The van der Waals surface area contributed by atoms with Crippen molar-refractivity contribution in [3.63, 3.8) is 0 Å². The number of aliphatic hydroxyl groups excluding tert-OH is 3. The van der Waals surface area contributed by atoms with Crippen molar-refractivity contribution in [2.24, 2.45) is 5.92 Å². The topological polar surface area (TPSA) is 137 Å². The second-order valence-corrected chi connectivity index (χ2v) is 6.62. The van der Waals surface area contributed by atoms with Crippen molar-refractivity contribution >= 4 is 34.7 Å². The molecule has 2 aromatic heterocycles. The molecule has 0 radical (unpaired) electrons. The standard InChI is InChI=1S/C13H16ClN5O3S/c14-11-8(7-2-16-4-23-7)12(19-13(15)18-11)17-6-1-5(3-20)9(21)10(6)22/h2,4-6,9-10,20-22H,1,3H2,(H3,15,17,18,19)/t5-,6-,9-,10+/m1/s1.